The molecule has 4 aromatic rings. The predicted octanol–water partition coefficient (Wildman–Crippen LogP) is 6.07. The molecular weight excluding hydrogens is 432 g/mol. The lowest BCUT2D eigenvalue weighted by Gasteiger charge is -2.44. The fraction of sp³-hybridized carbons (Fsp3) is 0.129. The van der Waals surface area contributed by atoms with E-state index in [1.165, 1.54) is 0 Å². The molecule has 1 aliphatic heterocycles. The van der Waals surface area contributed by atoms with Gasteiger partial charge in [-0.2, -0.15) is 0 Å². The van der Waals surface area contributed by atoms with Crippen molar-refractivity contribution >= 4 is 5.97 Å². The van der Waals surface area contributed by atoms with E-state index in [9.17, 15) is 9.90 Å². The summed E-state index contributed by atoms with van der Waals surface area (Å²) >= 11 is 0. The van der Waals surface area contributed by atoms with E-state index in [1.807, 2.05) is 42.6 Å². The molecule has 4 aromatic carbocycles. The highest BCUT2D eigenvalue weighted by molar-refractivity contribution is 5.70. The molecule has 0 atom stereocenters. The second kappa shape index (κ2) is 9.90. The smallest absolute Gasteiger partial charge is 0.309 e. The first-order valence-electron chi connectivity index (χ1n) is 11.8. The molecule has 35 heavy (non-hydrogen) atoms. The van der Waals surface area contributed by atoms with Gasteiger partial charge in [0.25, 0.3) is 0 Å². The third-order valence-electron chi connectivity index (χ3n) is 6.59. The summed E-state index contributed by atoms with van der Waals surface area (Å²) in [5.74, 6) is -0.833. The van der Waals surface area contributed by atoms with Gasteiger partial charge in [0.15, 0.2) is 0 Å². The van der Waals surface area contributed by atoms with E-state index in [1.54, 1.807) is 0 Å². The molecule has 0 aromatic heterocycles. The molecular formula is C31H28N2O2. The number of rotatable bonds is 8. The van der Waals surface area contributed by atoms with E-state index in [0.717, 1.165) is 28.0 Å². The van der Waals surface area contributed by atoms with Gasteiger partial charge >= 0.3 is 5.97 Å². The molecule has 0 spiro atoms. The van der Waals surface area contributed by atoms with Crippen LogP contribution >= 0.6 is 0 Å². The van der Waals surface area contributed by atoms with Gasteiger partial charge in [-0.3, -0.25) is 4.79 Å². The van der Waals surface area contributed by atoms with Crippen molar-refractivity contribution in [3.05, 3.63) is 155 Å². The van der Waals surface area contributed by atoms with Gasteiger partial charge < -0.3 is 14.9 Å². The highest BCUT2D eigenvalue weighted by atomic mass is 16.4. The number of carboxylic acids is 1. The van der Waals surface area contributed by atoms with Crippen molar-refractivity contribution in [2.45, 2.75) is 18.5 Å². The quantitative estimate of drug-likeness (QED) is 0.324. The van der Waals surface area contributed by atoms with Crippen molar-refractivity contribution in [1.82, 2.24) is 9.80 Å². The van der Waals surface area contributed by atoms with Crippen LogP contribution in [0.2, 0.25) is 0 Å². The third kappa shape index (κ3) is 4.43. The summed E-state index contributed by atoms with van der Waals surface area (Å²) in [6.45, 7) is 1.21. The van der Waals surface area contributed by atoms with Crippen LogP contribution in [0.5, 0.6) is 0 Å². The Kier molecular flexibility index (Phi) is 6.36. The topological polar surface area (TPSA) is 43.8 Å². The Hall–Kier alpha value is -4.31. The van der Waals surface area contributed by atoms with E-state index in [4.69, 9.17) is 0 Å². The SMILES string of the molecule is O=C(O)CC1=CN(C(c2ccccc2)(c2ccccc2)c2ccccc2)CN1Cc1ccccc1. The van der Waals surface area contributed by atoms with Gasteiger partial charge in [0.1, 0.15) is 5.54 Å². The van der Waals surface area contributed by atoms with Crippen LogP contribution in [0.3, 0.4) is 0 Å². The first kappa shape index (κ1) is 22.5. The zero-order chi connectivity index (χ0) is 24.1. The average Bonchev–Trinajstić information content (AvgIpc) is 3.28. The van der Waals surface area contributed by atoms with Crippen molar-refractivity contribution in [2.75, 3.05) is 6.67 Å². The van der Waals surface area contributed by atoms with Crippen molar-refractivity contribution in [2.24, 2.45) is 0 Å². The lowest BCUT2D eigenvalue weighted by molar-refractivity contribution is -0.136. The maximum absolute atomic E-state index is 11.8. The van der Waals surface area contributed by atoms with Crippen molar-refractivity contribution < 1.29 is 9.90 Å². The van der Waals surface area contributed by atoms with Crippen LogP contribution in [0.15, 0.2) is 133 Å². The van der Waals surface area contributed by atoms with E-state index < -0.39 is 11.5 Å². The molecule has 5 rings (SSSR count). The Balaban J connectivity index is 1.69. The molecule has 0 unspecified atom stereocenters. The molecule has 0 amide bonds. The molecule has 4 nitrogen and oxygen atoms in total. The van der Waals surface area contributed by atoms with Crippen LogP contribution in [-0.2, 0) is 16.9 Å². The molecule has 0 saturated carbocycles. The van der Waals surface area contributed by atoms with Crippen molar-refractivity contribution in [1.29, 1.82) is 0 Å². The number of carboxylic acid groups (broad SMARTS) is 1. The maximum Gasteiger partial charge on any atom is 0.309 e. The second-order valence-electron chi connectivity index (χ2n) is 8.79. The zero-order valence-corrected chi connectivity index (χ0v) is 19.5. The molecule has 1 aliphatic rings. The van der Waals surface area contributed by atoms with Crippen LogP contribution in [-0.4, -0.2) is 27.5 Å². The standard InChI is InChI=1S/C31H28N2O2/c34-30(35)21-29-23-33(24-32(29)22-25-13-5-1-6-14-25)31(26-15-7-2-8-16-26,27-17-9-3-10-18-27)28-19-11-4-12-20-28/h1-20,23H,21-22,24H2,(H,34,35). The minimum absolute atomic E-state index is 0.0300. The predicted molar refractivity (Wildman–Crippen MR) is 138 cm³/mol. The lowest BCUT2D eigenvalue weighted by Crippen LogP contribution is -2.46. The summed E-state index contributed by atoms with van der Waals surface area (Å²) in [7, 11) is 0. The van der Waals surface area contributed by atoms with Crippen molar-refractivity contribution in [3.8, 4) is 0 Å². The number of carbonyl (C=O) groups is 1. The van der Waals surface area contributed by atoms with Crippen LogP contribution in [0.1, 0.15) is 28.7 Å². The van der Waals surface area contributed by atoms with E-state index in [-0.39, 0.29) is 6.42 Å². The number of nitrogens with zero attached hydrogens (tertiary/aromatic N) is 2. The maximum atomic E-state index is 11.8. The van der Waals surface area contributed by atoms with Gasteiger partial charge in [-0.1, -0.05) is 121 Å². The average molecular weight is 461 g/mol. The molecule has 0 aliphatic carbocycles. The summed E-state index contributed by atoms with van der Waals surface area (Å²) in [6, 6.07) is 41.6. The Morgan fingerprint density at radius 2 is 1.11 bits per heavy atom. The number of benzene rings is 4. The highest BCUT2D eigenvalue weighted by Crippen LogP contribution is 2.45. The first-order chi connectivity index (χ1) is 17.2. The minimum Gasteiger partial charge on any atom is -0.481 e. The fourth-order valence-electron chi connectivity index (χ4n) is 5.08. The summed E-state index contributed by atoms with van der Waals surface area (Å²) in [6.07, 6.45) is 2.02. The number of aliphatic carboxylic acids is 1. The summed E-state index contributed by atoms with van der Waals surface area (Å²) < 4.78 is 0. The van der Waals surface area contributed by atoms with E-state index >= 15 is 0 Å². The van der Waals surface area contributed by atoms with Gasteiger partial charge in [-0.15, -0.1) is 0 Å². The van der Waals surface area contributed by atoms with Gasteiger partial charge in [-0.05, 0) is 22.3 Å². The lowest BCUT2D eigenvalue weighted by atomic mass is 9.76. The molecule has 1 N–H and O–H groups in total. The Labute approximate surface area is 206 Å². The van der Waals surface area contributed by atoms with Gasteiger partial charge in [0.05, 0.1) is 13.1 Å². The number of hydrogen-bond donors (Lipinski definition) is 1. The fourth-order valence-corrected chi connectivity index (χ4v) is 5.08. The molecule has 1 heterocycles. The Bertz CT molecular complexity index is 1190. The monoisotopic (exact) mass is 460 g/mol. The normalized spacial score (nSPS) is 13.5. The molecule has 0 saturated heterocycles. The highest BCUT2D eigenvalue weighted by Gasteiger charge is 2.44. The summed E-state index contributed by atoms with van der Waals surface area (Å²) in [5, 5.41) is 9.71. The van der Waals surface area contributed by atoms with Crippen LogP contribution in [0.25, 0.3) is 0 Å². The van der Waals surface area contributed by atoms with Crippen LogP contribution in [0.4, 0.5) is 0 Å². The molecule has 4 heteroatoms. The second-order valence-corrected chi connectivity index (χ2v) is 8.79. The van der Waals surface area contributed by atoms with E-state index in [0.29, 0.717) is 13.2 Å². The molecule has 0 bridgehead atoms. The minimum atomic E-state index is -0.833. The van der Waals surface area contributed by atoms with Crippen LogP contribution < -0.4 is 0 Å². The largest absolute Gasteiger partial charge is 0.481 e. The first-order valence-corrected chi connectivity index (χ1v) is 11.8. The molecule has 0 radical (unpaired) electrons. The molecule has 174 valence electrons. The summed E-state index contributed by atoms with van der Waals surface area (Å²) in [5.41, 5.74) is 4.71. The third-order valence-corrected chi connectivity index (χ3v) is 6.59. The van der Waals surface area contributed by atoms with Crippen LogP contribution in [0, 0.1) is 0 Å². The van der Waals surface area contributed by atoms with Gasteiger partial charge in [-0.25, -0.2) is 0 Å². The Morgan fingerprint density at radius 1 is 0.686 bits per heavy atom. The van der Waals surface area contributed by atoms with Crippen molar-refractivity contribution in [3.63, 3.8) is 0 Å². The van der Waals surface area contributed by atoms with Gasteiger partial charge in [0.2, 0.25) is 0 Å². The molecule has 0 fully saturated rings. The zero-order valence-electron chi connectivity index (χ0n) is 19.5. The Morgan fingerprint density at radius 3 is 1.54 bits per heavy atom. The number of hydrogen-bond acceptors (Lipinski definition) is 3. The van der Waals surface area contributed by atoms with Gasteiger partial charge in [0, 0.05) is 18.4 Å². The van der Waals surface area contributed by atoms with E-state index in [2.05, 4.69) is 94.7 Å². The summed E-state index contributed by atoms with van der Waals surface area (Å²) in [4.78, 5) is 16.3.